The summed E-state index contributed by atoms with van der Waals surface area (Å²) in [5, 5.41) is -0.153. The van der Waals surface area contributed by atoms with Crippen molar-refractivity contribution in [3.63, 3.8) is 0 Å². The Morgan fingerprint density at radius 2 is 1.77 bits per heavy atom. The van der Waals surface area contributed by atoms with Crippen molar-refractivity contribution in [3.05, 3.63) is 54.2 Å². The van der Waals surface area contributed by atoms with Crippen molar-refractivity contribution >= 4 is 19.9 Å². The molecule has 2 heterocycles. The van der Waals surface area contributed by atoms with Crippen LogP contribution in [0.15, 0.2) is 58.6 Å². The molecule has 9 heteroatoms. The maximum atomic E-state index is 12.9. The van der Waals surface area contributed by atoms with E-state index >= 15 is 0 Å². The van der Waals surface area contributed by atoms with Crippen LogP contribution in [0.5, 0.6) is 0 Å². The number of rotatable bonds is 5. The Labute approximate surface area is 153 Å². The fourth-order valence-electron chi connectivity index (χ4n) is 3.23. The van der Waals surface area contributed by atoms with Crippen LogP contribution in [0, 0.1) is 5.92 Å². The van der Waals surface area contributed by atoms with Gasteiger partial charge in [0, 0.05) is 31.5 Å². The normalized spacial score (nSPS) is 21.8. The standard InChI is InChI=1S/C17H21N3O4S2/c1-25(21,22)17-8-7-15(10-19-17)26(23,24)20-11-14(9-18)16(12-20)13-5-3-2-4-6-13/h2-8,10,14,16H,9,11-12,18H2,1H3/t14-,16+/m1/s1. The number of benzene rings is 1. The Kier molecular flexibility index (Phi) is 5.16. The fraction of sp³-hybridized carbons (Fsp3) is 0.353. The minimum atomic E-state index is -3.76. The molecule has 7 nitrogen and oxygen atoms in total. The van der Waals surface area contributed by atoms with Crippen LogP contribution in [-0.4, -0.2) is 52.0 Å². The predicted molar refractivity (Wildman–Crippen MR) is 97.8 cm³/mol. The monoisotopic (exact) mass is 395 g/mol. The third-order valence-electron chi connectivity index (χ3n) is 4.66. The van der Waals surface area contributed by atoms with Gasteiger partial charge in [-0.3, -0.25) is 0 Å². The average Bonchev–Trinajstić information content (AvgIpc) is 3.07. The van der Waals surface area contributed by atoms with E-state index in [1.54, 1.807) is 0 Å². The SMILES string of the molecule is CS(=O)(=O)c1ccc(S(=O)(=O)N2C[C@@H](CN)[C@H](c3ccccc3)C2)cn1. The minimum Gasteiger partial charge on any atom is -0.330 e. The summed E-state index contributed by atoms with van der Waals surface area (Å²) in [6.07, 6.45) is 2.12. The molecule has 1 aliphatic rings. The van der Waals surface area contributed by atoms with Crippen LogP contribution < -0.4 is 5.73 Å². The van der Waals surface area contributed by atoms with E-state index in [0.717, 1.165) is 18.0 Å². The van der Waals surface area contributed by atoms with Gasteiger partial charge in [-0.05, 0) is 30.2 Å². The van der Waals surface area contributed by atoms with Gasteiger partial charge in [0.25, 0.3) is 0 Å². The smallest absolute Gasteiger partial charge is 0.244 e. The molecule has 0 amide bonds. The van der Waals surface area contributed by atoms with Gasteiger partial charge in [0.15, 0.2) is 14.9 Å². The van der Waals surface area contributed by atoms with Gasteiger partial charge >= 0.3 is 0 Å². The Hall–Kier alpha value is -1.81. The lowest BCUT2D eigenvalue weighted by molar-refractivity contribution is 0.458. The highest BCUT2D eigenvalue weighted by atomic mass is 32.2. The molecule has 1 aromatic heterocycles. The summed E-state index contributed by atoms with van der Waals surface area (Å²) in [5.74, 6) is 0.0506. The van der Waals surface area contributed by atoms with Gasteiger partial charge in [-0.2, -0.15) is 4.31 Å². The van der Waals surface area contributed by atoms with Gasteiger partial charge in [-0.25, -0.2) is 21.8 Å². The number of hydrogen-bond acceptors (Lipinski definition) is 6. The Morgan fingerprint density at radius 1 is 1.08 bits per heavy atom. The zero-order chi connectivity index (χ0) is 18.9. The molecule has 1 fully saturated rings. The Bertz CT molecular complexity index is 974. The van der Waals surface area contributed by atoms with Gasteiger partial charge in [0.05, 0.1) is 0 Å². The molecule has 140 valence electrons. The molecule has 0 aliphatic carbocycles. The van der Waals surface area contributed by atoms with Gasteiger partial charge in [0.1, 0.15) is 4.90 Å². The largest absolute Gasteiger partial charge is 0.330 e. The maximum Gasteiger partial charge on any atom is 0.244 e. The minimum absolute atomic E-state index is 0.0191. The molecule has 3 rings (SSSR count). The second-order valence-corrected chi connectivity index (χ2v) is 10.3. The van der Waals surface area contributed by atoms with E-state index in [2.05, 4.69) is 4.98 Å². The van der Waals surface area contributed by atoms with Crippen molar-refractivity contribution < 1.29 is 16.8 Å². The Balaban J connectivity index is 1.88. The second kappa shape index (κ2) is 7.07. The lowest BCUT2D eigenvalue weighted by Gasteiger charge is -2.17. The van der Waals surface area contributed by atoms with Gasteiger partial charge in [-0.1, -0.05) is 30.3 Å². The van der Waals surface area contributed by atoms with E-state index in [-0.39, 0.29) is 21.8 Å². The molecular weight excluding hydrogens is 374 g/mol. The first kappa shape index (κ1) is 19.0. The van der Waals surface area contributed by atoms with Crippen molar-refractivity contribution in [2.24, 2.45) is 11.7 Å². The number of sulfonamides is 1. The first-order valence-corrected chi connectivity index (χ1v) is 11.5. The second-order valence-electron chi connectivity index (χ2n) is 6.44. The lowest BCUT2D eigenvalue weighted by Crippen LogP contribution is -2.30. The summed E-state index contributed by atoms with van der Waals surface area (Å²) in [5.41, 5.74) is 6.93. The van der Waals surface area contributed by atoms with Gasteiger partial charge < -0.3 is 5.73 Å². The molecule has 2 atom stereocenters. The van der Waals surface area contributed by atoms with Crippen LogP contribution in [0.3, 0.4) is 0 Å². The predicted octanol–water partition coefficient (Wildman–Crippen LogP) is 0.848. The summed E-state index contributed by atoms with van der Waals surface area (Å²) < 4.78 is 50.3. The lowest BCUT2D eigenvalue weighted by atomic mass is 9.89. The number of pyridine rings is 1. The van der Waals surface area contributed by atoms with E-state index in [9.17, 15) is 16.8 Å². The molecule has 0 unspecified atom stereocenters. The van der Waals surface area contributed by atoms with Crippen LogP contribution in [0.25, 0.3) is 0 Å². The fourth-order valence-corrected chi connectivity index (χ4v) is 5.26. The first-order chi connectivity index (χ1) is 12.2. The first-order valence-electron chi connectivity index (χ1n) is 8.15. The molecule has 2 aromatic rings. The average molecular weight is 396 g/mol. The van der Waals surface area contributed by atoms with E-state index < -0.39 is 19.9 Å². The third-order valence-corrected chi connectivity index (χ3v) is 7.48. The summed E-state index contributed by atoms with van der Waals surface area (Å²) >= 11 is 0. The quantitative estimate of drug-likeness (QED) is 0.803. The van der Waals surface area contributed by atoms with Crippen LogP contribution in [0.1, 0.15) is 11.5 Å². The molecule has 0 radical (unpaired) electrons. The summed E-state index contributed by atoms with van der Waals surface area (Å²) in [4.78, 5) is 3.77. The third kappa shape index (κ3) is 3.66. The van der Waals surface area contributed by atoms with Crippen molar-refractivity contribution in [1.29, 1.82) is 0 Å². The molecule has 2 N–H and O–H groups in total. The van der Waals surface area contributed by atoms with E-state index in [4.69, 9.17) is 5.73 Å². The van der Waals surface area contributed by atoms with E-state index in [0.29, 0.717) is 19.6 Å². The number of hydrogen-bond donors (Lipinski definition) is 1. The molecule has 0 spiro atoms. The van der Waals surface area contributed by atoms with Crippen molar-refractivity contribution in [1.82, 2.24) is 9.29 Å². The maximum absolute atomic E-state index is 12.9. The van der Waals surface area contributed by atoms with Crippen LogP contribution in [0.2, 0.25) is 0 Å². The number of sulfone groups is 1. The van der Waals surface area contributed by atoms with Crippen LogP contribution in [0.4, 0.5) is 0 Å². The molecule has 26 heavy (non-hydrogen) atoms. The highest BCUT2D eigenvalue weighted by molar-refractivity contribution is 7.90. The molecule has 0 bridgehead atoms. The highest BCUT2D eigenvalue weighted by Gasteiger charge is 2.39. The van der Waals surface area contributed by atoms with E-state index in [1.165, 1.54) is 16.4 Å². The molecule has 1 saturated heterocycles. The zero-order valence-electron chi connectivity index (χ0n) is 14.3. The van der Waals surface area contributed by atoms with Crippen LogP contribution in [-0.2, 0) is 19.9 Å². The van der Waals surface area contributed by atoms with Crippen LogP contribution >= 0.6 is 0 Å². The summed E-state index contributed by atoms with van der Waals surface area (Å²) in [6, 6.07) is 12.2. The topological polar surface area (TPSA) is 110 Å². The van der Waals surface area contributed by atoms with Crippen molar-refractivity contribution in [2.45, 2.75) is 15.8 Å². The zero-order valence-corrected chi connectivity index (χ0v) is 15.9. The molecule has 1 aliphatic heterocycles. The van der Waals surface area contributed by atoms with Crippen molar-refractivity contribution in [2.75, 3.05) is 25.9 Å². The summed E-state index contributed by atoms with van der Waals surface area (Å²) in [6.45, 7) is 1.05. The molecular formula is C17H21N3O4S2. The number of nitrogens with two attached hydrogens (primary N) is 1. The summed E-state index contributed by atoms with van der Waals surface area (Å²) in [7, 11) is -7.24. The number of aromatic nitrogens is 1. The number of nitrogens with zero attached hydrogens (tertiary/aromatic N) is 2. The van der Waals surface area contributed by atoms with Gasteiger partial charge in [-0.15, -0.1) is 0 Å². The van der Waals surface area contributed by atoms with Gasteiger partial charge in [0.2, 0.25) is 10.0 Å². The molecule has 1 aromatic carbocycles. The molecule has 0 saturated carbocycles. The Morgan fingerprint density at radius 3 is 2.31 bits per heavy atom. The highest BCUT2D eigenvalue weighted by Crippen LogP contribution is 2.35. The van der Waals surface area contributed by atoms with E-state index in [1.807, 2.05) is 30.3 Å². The van der Waals surface area contributed by atoms with Crippen molar-refractivity contribution in [3.8, 4) is 0 Å².